The first-order valence-electron chi connectivity index (χ1n) is 5.99. The summed E-state index contributed by atoms with van der Waals surface area (Å²) in [6.45, 7) is -0.424. The third kappa shape index (κ3) is 3.26. The molecule has 1 heterocycles. The van der Waals surface area contributed by atoms with Gasteiger partial charge in [0.1, 0.15) is 5.82 Å². The van der Waals surface area contributed by atoms with E-state index in [0.717, 1.165) is 0 Å². The summed E-state index contributed by atoms with van der Waals surface area (Å²) >= 11 is 0. The summed E-state index contributed by atoms with van der Waals surface area (Å²) in [4.78, 5) is 13.2. The maximum Gasteiger partial charge on any atom is 0.262 e. The minimum absolute atomic E-state index is 0.0647. The van der Waals surface area contributed by atoms with Crippen LogP contribution in [0.5, 0.6) is 0 Å². The van der Waals surface area contributed by atoms with Crippen molar-refractivity contribution in [2.75, 3.05) is 13.6 Å². The molecule has 0 spiro atoms. The van der Waals surface area contributed by atoms with Crippen LogP contribution in [0.15, 0.2) is 24.3 Å². The van der Waals surface area contributed by atoms with Gasteiger partial charge in [-0.2, -0.15) is 0 Å². The van der Waals surface area contributed by atoms with Crippen LogP contribution in [0, 0.1) is 5.82 Å². The Bertz CT molecular complexity index is 479. The number of rotatable bonds is 3. The highest BCUT2D eigenvalue weighted by molar-refractivity contribution is 5.82. The zero-order valence-corrected chi connectivity index (χ0v) is 10.5. The first-order valence-corrected chi connectivity index (χ1v) is 5.99. The molecule has 1 unspecified atom stereocenters. The highest BCUT2D eigenvalue weighted by atomic mass is 19.3. The minimum Gasteiger partial charge on any atom is -0.340 e. The molecule has 19 heavy (non-hydrogen) atoms. The Labute approximate surface area is 109 Å². The Morgan fingerprint density at radius 2 is 2.16 bits per heavy atom. The van der Waals surface area contributed by atoms with E-state index in [9.17, 15) is 18.0 Å². The molecule has 1 atom stereocenters. The van der Waals surface area contributed by atoms with Gasteiger partial charge in [0.05, 0.1) is 12.6 Å². The molecule has 0 aliphatic carbocycles. The molecule has 0 saturated carbocycles. The number of nitrogens with one attached hydrogen (secondary N) is 1. The van der Waals surface area contributed by atoms with Crippen LogP contribution in [0.1, 0.15) is 12.0 Å². The predicted octanol–water partition coefficient (Wildman–Crippen LogP) is 1.78. The Morgan fingerprint density at radius 3 is 2.74 bits per heavy atom. The van der Waals surface area contributed by atoms with E-state index in [4.69, 9.17) is 0 Å². The Balaban J connectivity index is 1.99. The van der Waals surface area contributed by atoms with Crippen LogP contribution in [0.4, 0.5) is 13.2 Å². The van der Waals surface area contributed by atoms with E-state index < -0.39 is 36.7 Å². The van der Waals surface area contributed by atoms with Crippen LogP contribution < -0.4 is 5.32 Å². The molecule has 1 aromatic carbocycles. The quantitative estimate of drug-likeness (QED) is 0.909. The molecule has 104 valence electrons. The van der Waals surface area contributed by atoms with Crippen molar-refractivity contribution in [2.24, 2.45) is 0 Å². The second-order valence-electron chi connectivity index (χ2n) is 4.78. The third-order valence-corrected chi connectivity index (χ3v) is 3.15. The molecule has 2 rings (SSSR count). The molecule has 6 heteroatoms. The van der Waals surface area contributed by atoms with E-state index in [0.29, 0.717) is 5.56 Å². The van der Waals surface area contributed by atoms with Gasteiger partial charge in [0.25, 0.3) is 5.92 Å². The maximum absolute atomic E-state index is 13.4. The number of amides is 1. The number of halogens is 3. The van der Waals surface area contributed by atoms with Crippen molar-refractivity contribution in [2.45, 2.75) is 24.9 Å². The summed E-state index contributed by atoms with van der Waals surface area (Å²) in [6, 6.07) is 5.19. The number of nitrogens with zero attached hydrogens (tertiary/aromatic N) is 1. The van der Waals surface area contributed by atoms with Crippen molar-refractivity contribution in [3.05, 3.63) is 35.6 Å². The van der Waals surface area contributed by atoms with Gasteiger partial charge in [0.2, 0.25) is 5.91 Å². The number of carbonyl (C=O) groups excluding carboxylic acids is 1. The predicted molar refractivity (Wildman–Crippen MR) is 64.2 cm³/mol. The van der Waals surface area contributed by atoms with Gasteiger partial charge in [0, 0.05) is 25.6 Å². The van der Waals surface area contributed by atoms with E-state index in [1.165, 1.54) is 18.0 Å². The molecule has 1 aliphatic heterocycles. The lowest BCUT2D eigenvalue weighted by molar-refractivity contribution is -0.132. The standard InChI is InChI=1S/C13H15F3N2O/c1-18(7-9-4-2-3-5-10(9)14)12(19)11-6-13(15,16)8-17-11/h2-5,11,17H,6-8H2,1H3. The second kappa shape index (κ2) is 5.21. The first-order chi connectivity index (χ1) is 8.89. The van der Waals surface area contributed by atoms with E-state index in [1.807, 2.05) is 0 Å². The molecule has 1 fully saturated rings. The lowest BCUT2D eigenvalue weighted by Crippen LogP contribution is -2.41. The largest absolute Gasteiger partial charge is 0.340 e. The van der Waals surface area contributed by atoms with E-state index in [2.05, 4.69) is 5.32 Å². The van der Waals surface area contributed by atoms with Crippen molar-refractivity contribution in [3.63, 3.8) is 0 Å². The monoisotopic (exact) mass is 272 g/mol. The Hall–Kier alpha value is -1.56. The van der Waals surface area contributed by atoms with Gasteiger partial charge < -0.3 is 4.90 Å². The van der Waals surface area contributed by atoms with E-state index in [-0.39, 0.29) is 6.54 Å². The third-order valence-electron chi connectivity index (χ3n) is 3.15. The molecule has 1 N–H and O–H groups in total. The molecule has 0 aromatic heterocycles. The lowest BCUT2D eigenvalue weighted by atomic mass is 10.1. The molecular formula is C13H15F3N2O. The van der Waals surface area contributed by atoms with Crippen LogP contribution in [-0.4, -0.2) is 36.4 Å². The normalized spacial score (nSPS) is 21.4. The Kier molecular flexibility index (Phi) is 3.80. The highest BCUT2D eigenvalue weighted by Gasteiger charge is 2.43. The number of likely N-dealkylation sites (N-methyl/N-ethyl adjacent to an activating group) is 1. The topological polar surface area (TPSA) is 32.3 Å². The molecule has 1 saturated heterocycles. The van der Waals surface area contributed by atoms with Crippen LogP contribution in [0.25, 0.3) is 0 Å². The average Bonchev–Trinajstić information content (AvgIpc) is 2.71. The molecule has 1 amide bonds. The summed E-state index contributed by atoms with van der Waals surface area (Å²) in [5.41, 5.74) is 0.364. The van der Waals surface area contributed by atoms with Crippen molar-refractivity contribution in [3.8, 4) is 0 Å². The molecule has 1 aliphatic rings. The zero-order valence-electron chi connectivity index (χ0n) is 10.5. The van der Waals surface area contributed by atoms with E-state index in [1.54, 1.807) is 18.2 Å². The average molecular weight is 272 g/mol. The van der Waals surface area contributed by atoms with Gasteiger partial charge in [-0.25, -0.2) is 13.2 Å². The van der Waals surface area contributed by atoms with Crippen molar-refractivity contribution in [1.82, 2.24) is 10.2 Å². The van der Waals surface area contributed by atoms with Gasteiger partial charge in [0.15, 0.2) is 0 Å². The SMILES string of the molecule is CN(Cc1ccccc1F)C(=O)C1CC(F)(F)CN1. The summed E-state index contributed by atoms with van der Waals surface area (Å²) in [5, 5.41) is 2.49. The molecule has 1 aromatic rings. The zero-order chi connectivity index (χ0) is 14.0. The number of hydrogen-bond donors (Lipinski definition) is 1. The number of alkyl halides is 2. The number of hydrogen-bond acceptors (Lipinski definition) is 2. The molecular weight excluding hydrogens is 257 g/mol. The van der Waals surface area contributed by atoms with Crippen molar-refractivity contribution in [1.29, 1.82) is 0 Å². The summed E-state index contributed by atoms with van der Waals surface area (Å²) in [5.74, 6) is -3.70. The van der Waals surface area contributed by atoms with Gasteiger partial charge in [-0.1, -0.05) is 18.2 Å². The highest BCUT2D eigenvalue weighted by Crippen LogP contribution is 2.26. The smallest absolute Gasteiger partial charge is 0.262 e. The molecule has 3 nitrogen and oxygen atoms in total. The van der Waals surface area contributed by atoms with Crippen LogP contribution in [-0.2, 0) is 11.3 Å². The summed E-state index contributed by atoms with van der Waals surface area (Å²) < 4.78 is 39.5. The van der Waals surface area contributed by atoms with Crippen LogP contribution >= 0.6 is 0 Å². The minimum atomic E-state index is -2.85. The first kappa shape index (κ1) is 13.9. The molecule has 0 bridgehead atoms. The molecule has 0 radical (unpaired) electrons. The Morgan fingerprint density at radius 1 is 1.47 bits per heavy atom. The van der Waals surface area contributed by atoms with Crippen molar-refractivity contribution < 1.29 is 18.0 Å². The van der Waals surface area contributed by atoms with Gasteiger partial charge in [-0.3, -0.25) is 10.1 Å². The van der Waals surface area contributed by atoms with Crippen LogP contribution in [0.3, 0.4) is 0 Å². The summed E-state index contributed by atoms with van der Waals surface area (Å²) in [6.07, 6.45) is -0.507. The fourth-order valence-corrected chi connectivity index (χ4v) is 2.12. The van der Waals surface area contributed by atoms with Gasteiger partial charge >= 0.3 is 0 Å². The fourth-order valence-electron chi connectivity index (χ4n) is 2.12. The van der Waals surface area contributed by atoms with Crippen molar-refractivity contribution >= 4 is 5.91 Å². The second-order valence-corrected chi connectivity index (χ2v) is 4.78. The van der Waals surface area contributed by atoms with Gasteiger partial charge in [-0.05, 0) is 6.07 Å². The fraction of sp³-hybridized carbons (Fsp3) is 0.462. The lowest BCUT2D eigenvalue weighted by Gasteiger charge is -2.21. The van der Waals surface area contributed by atoms with E-state index >= 15 is 0 Å². The number of benzene rings is 1. The van der Waals surface area contributed by atoms with Gasteiger partial charge in [-0.15, -0.1) is 0 Å². The maximum atomic E-state index is 13.4. The summed E-state index contributed by atoms with van der Waals surface area (Å²) in [7, 11) is 1.48. The number of carbonyl (C=O) groups is 1. The van der Waals surface area contributed by atoms with Crippen LogP contribution in [0.2, 0.25) is 0 Å².